The second-order valence-electron chi connectivity index (χ2n) is 3.21. The number of para-hydroxylation sites is 1. The molecule has 84 valence electrons. The van der Waals surface area contributed by atoms with Gasteiger partial charge in [0.2, 0.25) is 6.41 Å². The average Bonchev–Trinajstić information content (AvgIpc) is 2.31. The summed E-state index contributed by atoms with van der Waals surface area (Å²) in [7, 11) is 0. The Balaban J connectivity index is 2.47. The van der Waals surface area contributed by atoms with Gasteiger partial charge in [-0.05, 0) is 12.1 Å². The maximum absolute atomic E-state index is 10.1. The van der Waals surface area contributed by atoms with Crippen molar-refractivity contribution in [2.45, 2.75) is 0 Å². The molecule has 0 fully saturated rings. The van der Waals surface area contributed by atoms with Crippen molar-refractivity contribution in [1.29, 1.82) is 5.26 Å². The van der Waals surface area contributed by atoms with E-state index in [1.165, 1.54) is 0 Å². The molecule has 1 rings (SSSR count). The van der Waals surface area contributed by atoms with Gasteiger partial charge in [0.15, 0.2) is 0 Å². The van der Waals surface area contributed by atoms with Crippen molar-refractivity contribution in [3.63, 3.8) is 0 Å². The first kappa shape index (κ1) is 12.3. The van der Waals surface area contributed by atoms with Gasteiger partial charge in [0.1, 0.15) is 0 Å². The molecule has 1 aromatic carbocycles. The molecule has 0 aromatic heterocycles. The molecule has 1 unspecified atom stereocenters. The summed E-state index contributed by atoms with van der Waals surface area (Å²) in [6.45, 7) is 0.776. The van der Waals surface area contributed by atoms with Crippen molar-refractivity contribution in [3.05, 3.63) is 29.3 Å². The number of nitrogens with one attached hydrogen (secondary N) is 2. The highest BCUT2D eigenvalue weighted by Crippen LogP contribution is 2.20. The number of hydrogen-bond donors (Lipinski definition) is 2. The Bertz CT molecular complexity index is 389. The minimum atomic E-state index is -0.276. The average molecular weight is 238 g/mol. The second-order valence-corrected chi connectivity index (χ2v) is 3.62. The Morgan fingerprint density at radius 2 is 2.19 bits per heavy atom. The molecule has 0 spiro atoms. The number of anilines is 1. The van der Waals surface area contributed by atoms with Crippen LogP contribution >= 0.6 is 11.6 Å². The van der Waals surface area contributed by atoms with Crippen molar-refractivity contribution >= 4 is 23.7 Å². The summed E-state index contributed by atoms with van der Waals surface area (Å²) < 4.78 is 0. The molecular weight excluding hydrogens is 226 g/mol. The molecule has 0 saturated heterocycles. The number of rotatable bonds is 6. The van der Waals surface area contributed by atoms with Crippen LogP contribution in [0, 0.1) is 17.2 Å². The Morgan fingerprint density at radius 3 is 2.81 bits per heavy atom. The Hall–Kier alpha value is -1.73. The highest BCUT2D eigenvalue weighted by molar-refractivity contribution is 6.33. The van der Waals surface area contributed by atoms with Gasteiger partial charge in [0.05, 0.1) is 22.7 Å². The summed E-state index contributed by atoms with van der Waals surface area (Å²) in [5, 5.41) is 15.0. The number of hydrogen-bond acceptors (Lipinski definition) is 3. The van der Waals surface area contributed by atoms with Crippen LogP contribution in [0.5, 0.6) is 0 Å². The van der Waals surface area contributed by atoms with Gasteiger partial charge in [0.25, 0.3) is 0 Å². The van der Waals surface area contributed by atoms with Gasteiger partial charge in [-0.15, -0.1) is 0 Å². The fraction of sp³-hybridized carbons (Fsp3) is 0.273. The van der Waals surface area contributed by atoms with Gasteiger partial charge >= 0.3 is 0 Å². The molecule has 0 heterocycles. The van der Waals surface area contributed by atoms with Crippen LogP contribution in [0.4, 0.5) is 5.69 Å². The molecular formula is C11H12ClN3O. The summed E-state index contributed by atoms with van der Waals surface area (Å²) in [6, 6.07) is 9.41. The van der Waals surface area contributed by atoms with E-state index in [9.17, 15) is 4.79 Å². The van der Waals surface area contributed by atoms with Crippen LogP contribution in [0.3, 0.4) is 0 Å². The number of nitrogens with zero attached hydrogens (tertiary/aromatic N) is 1. The monoisotopic (exact) mass is 237 g/mol. The van der Waals surface area contributed by atoms with E-state index < -0.39 is 0 Å². The van der Waals surface area contributed by atoms with Crippen LogP contribution in [0.25, 0.3) is 0 Å². The van der Waals surface area contributed by atoms with Gasteiger partial charge in [-0.25, -0.2) is 0 Å². The zero-order valence-corrected chi connectivity index (χ0v) is 9.37. The van der Waals surface area contributed by atoms with E-state index in [2.05, 4.69) is 16.7 Å². The number of carbonyl (C=O) groups excluding carboxylic acids is 1. The van der Waals surface area contributed by atoms with Gasteiger partial charge in [-0.1, -0.05) is 23.7 Å². The van der Waals surface area contributed by atoms with E-state index in [0.29, 0.717) is 24.5 Å². The summed E-state index contributed by atoms with van der Waals surface area (Å²) in [4.78, 5) is 10.1. The first-order valence-corrected chi connectivity index (χ1v) is 5.20. The summed E-state index contributed by atoms with van der Waals surface area (Å²) in [5.74, 6) is -0.276. The summed E-state index contributed by atoms with van der Waals surface area (Å²) >= 11 is 5.94. The number of benzene rings is 1. The first-order chi connectivity index (χ1) is 7.77. The largest absolute Gasteiger partial charge is 0.382 e. The highest BCUT2D eigenvalue weighted by atomic mass is 35.5. The lowest BCUT2D eigenvalue weighted by Crippen LogP contribution is -2.25. The predicted molar refractivity (Wildman–Crippen MR) is 63.1 cm³/mol. The lowest BCUT2D eigenvalue weighted by atomic mass is 10.1. The van der Waals surface area contributed by atoms with Crippen molar-refractivity contribution in [2.75, 3.05) is 18.4 Å². The van der Waals surface area contributed by atoms with Crippen LogP contribution < -0.4 is 10.6 Å². The van der Waals surface area contributed by atoms with E-state index in [0.717, 1.165) is 5.69 Å². The molecule has 16 heavy (non-hydrogen) atoms. The molecule has 2 N–H and O–H groups in total. The lowest BCUT2D eigenvalue weighted by molar-refractivity contribution is -0.109. The summed E-state index contributed by atoms with van der Waals surface area (Å²) in [5.41, 5.74) is 0.788. The second kappa shape index (κ2) is 6.70. The number of halogens is 1. The molecule has 0 aliphatic heterocycles. The first-order valence-electron chi connectivity index (χ1n) is 4.83. The summed E-state index contributed by atoms with van der Waals surface area (Å²) in [6.07, 6.45) is 0.583. The molecule has 0 aliphatic carbocycles. The van der Waals surface area contributed by atoms with E-state index in [1.54, 1.807) is 6.07 Å². The van der Waals surface area contributed by atoms with E-state index in [1.807, 2.05) is 18.2 Å². The third kappa shape index (κ3) is 3.79. The van der Waals surface area contributed by atoms with Crippen LogP contribution in [0.1, 0.15) is 0 Å². The fourth-order valence-corrected chi connectivity index (χ4v) is 1.39. The van der Waals surface area contributed by atoms with Gasteiger partial charge in [-0.3, -0.25) is 4.79 Å². The number of carbonyl (C=O) groups is 1. The maximum Gasteiger partial charge on any atom is 0.207 e. The van der Waals surface area contributed by atoms with Crippen LogP contribution in [-0.4, -0.2) is 19.5 Å². The minimum Gasteiger partial charge on any atom is -0.382 e. The fourth-order valence-electron chi connectivity index (χ4n) is 1.19. The number of nitriles is 1. The van der Waals surface area contributed by atoms with Crippen molar-refractivity contribution < 1.29 is 4.79 Å². The van der Waals surface area contributed by atoms with E-state index in [4.69, 9.17) is 16.9 Å². The van der Waals surface area contributed by atoms with Gasteiger partial charge in [-0.2, -0.15) is 5.26 Å². The normalized spacial score (nSPS) is 11.2. The Labute approximate surface area is 99.2 Å². The Kier molecular flexibility index (Phi) is 5.17. The van der Waals surface area contributed by atoms with Crippen molar-refractivity contribution in [3.8, 4) is 6.07 Å². The number of amides is 1. The highest BCUT2D eigenvalue weighted by Gasteiger charge is 2.07. The third-order valence-corrected chi connectivity index (χ3v) is 2.37. The lowest BCUT2D eigenvalue weighted by Gasteiger charge is -2.11. The maximum atomic E-state index is 10.1. The molecule has 1 atom stereocenters. The smallest absolute Gasteiger partial charge is 0.207 e. The predicted octanol–water partition coefficient (Wildman–Crippen LogP) is 1.64. The van der Waals surface area contributed by atoms with Gasteiger partial charge in [0, 0.05) is 13.1 Å². The molecule has 4 nitrogen and oxygen atoms in total. The topological polar surface area (TPSA) is 64.9 Å². The van der Waals surface area contributed by atoms with Crippen molar-refractivity contribution in [1.82, 2.24) is 5.32 Å². The standard InChI is InChI=1S/C11H12ClN3O/c12-10-3-1-2-4-11(10)15-7-9(5-13)6-14-8-16/h1-4,8-9,15H,6-7H2,(H,14,16). The third-order valence-electron chi connectivity index (χ3n) is 2.04. The zero-order chi connectivity index (χ0) is 11.8. The van der Waals surface area contributed by atoms with Gasteiger partial charge < -0.3 is 10.6 Å². The Morgan fingerprint density at radius 1 is 1.44 bits per heavy atom. The molecule has 0 radical (unpaired) electrons. The van der Waals surface area contributed by atoms with E-state index in [-0.39, 0.29) is 5.92 Å². The van der Waals surface area contributed by atoms with Crippen molar-refractivity contribution in [2.24, 2.45) is 5.92 Å². The molecule has 0 aliphatic rings. The SMILES string of the molecule is N#CC(CNC=O)CNc1ccccc1Cl. The zero-order valence-electron chi connectivity index (χ0n) is 8.61. The molecule has 0 saturated carbocycles. The molecule has 1 aromatic rings. The van der Waals surface area contributed by atoms with Crippen LogP contribution in [0.15, 0.2) is 24.3 Å². The van der Waals surface area contributed by atoms with Crippen LogP contribution in [0.2, 0.25) is 5.02 Å². The molecule has 5 heteroatoms. The minimum absolute atomic E-state index is 0.276. The van der Waals surface area contributed by atoms with Crippen LogP contribution in [-0.2, 0) is 4.79 Å². The molecule has 1 amide bonds. The van der Waals surface area contributed by atoms with E-state index >= 15 is 0 Å². The molecule has 0 bridgehead atoms. The quantitative estimate of drug-likeness (QED) is 0.740.